The molecule has 1 aliphatic rings. The highest BCUT2D eigenvalue weighted by molar-refractivity contribution is 6.32. The second-order valence-corrected chi connectivity index (χ2v) is 5.39. The van der Waals surface area contributed by atoms with Crippen molar-refractivity contribution >= 4 is 23.7 Å². The molecule has 3 rings (SSSR count). The van der Waals surface area contributed by atoms with Gasteiger partial charge in [-0.1, -0.05) is 30.7 Å². The van der Waals surface area contributed by atoms with Crippen LogP contribution in [-0.4, -0.2) is 18.9 Å². The lowest BCUT2D eigenvalue weighted by Gasteiger charge is -2.02. The van der Waals surface area contributed by atoms with Gasteiger partial charge in [-0.25, -0.2) is 5.43 Å². The number of benzene rings is 2. The number of hydrogen-bond acceptors (Lipinski definition) is 4. The van der Waals surface area contributed by atoms with Crippen molar-refractivity contribution in [2.45, 2.75) is 13.3 Å². The van der Waals surface area contributed by atoms with E-state index in [9.17, 15) is 4.79 Å². The number of halogens is 1. The molecule has 2 aromatic rings. The highest BCUT2D eigenvalue weighted by Crippen LogP contribution is 2.39. The minimum Gasteiger partial charge on any atom is -0.454 e. The van der Waals surface area contributed by atoms with E-state index in [0.717, 1.165) is 6.42 Å². The summed E-state index contributed by atoms with van der Waals surface area (Å²) >= 11 is 6.09. The van der Waals surface area contributed by atoms with Gasteiger partial charge < -0.3 is 9.47 Å². The van der Waals surface area contributed by atoms with Gasteiger partial charge in [-0.2, -0.15) is 5.10 Å². The third-order valence-corrected chi connectivity index (χ3v) is 3.73. The SMILES string of the molecule is CCc1ccc(C(=O)N/N=C\c2cc(Cl)c3c(c2)OCO3)cc1. The van der Waals surface area contributed by atoms with Crippen LogP contribution in [-0.2, 0) is 6.42 Å². The predicted octanol–water partition coefficient (Wildman–Crippen LogP) is 3.40. The van der Waals surface area contributed by atoms with E-state index in [0.29, 0.717) is 27.6 Å². The van der Waals surface area contributed by atoms with Gasteiger partial charge in [0.1, 0.15) is 0 Å². The van der Waals surface area contributed by atoms with E-state index >= 15 is 0 Å². The van der Waals surface area contributed by atoms with Gasteiger partial charge in [0, 0.05) is 5.56 Å². The summed E-state index contributed by atoms with van der Waals surface area (Å²) in [5, 5.41) is 4.39. The van der Waals surface area contributed by atoms with Gasteiger partial charge in [-0.15, -0.1) is 0 Å². The van der Waals surface area contributed by atoms with Gasteiger partial charge in [0.2, 0.25) is 6.79 Å². The van der Waals surface area contributed by atoms with Crippen LogP contribution in [0.3, 0.4) is 0 Å². The topological polar surface area (TPSA) is 59.9 Å². The Morgan fingerprint density at radius 3 is 2.83 bits per heavy atom. The van der Waals surface area contributed by atoms with Gasteiger partial charge in [0.25, 0.3) is 5.91 Å². The molecule has 118 valence electrons. The number of nitrogens with zero attached hydrogens (tertiary/aromatic N) is 1. The summed E-state index contributed by atoms with van der Waals surface area (Å²) in [5.74, 6) is 0.833. The molecule has 5 nitrogen and oxygen atoms in total. The number of fused-ring (bicyclic) bond motifs is 1. The summed E-state index contributed by atoms with van der Waals surface area (Å²) in [7, 11) is 0. The molecule has 2 aromatic carbocycles. The number of carbonyl (C=O) groups excluding carboxylic acids is 1. The summed E-state index contributed by atoms with van der Waals surface area (Å²) < 4.78 is 10.5. The van der Waals surface area contributed by atoms with Crippen LogP contribution in [0.1, 0.15) is 28.4 Å². The van der Waals surface area contributed by atoms with Gasteiger partial charge in [-0.05, 0) is 41.8 Å². The molecule has 6 heteroatoms. The fourth-order valence-corrected chi connectivity index (χ4v) is 2.46. The Hall–Kier alpha value is -2.53. The van der Waals surface area contributed by atoms with Gasteiger partial charge >= 0.3 is 0 Å². The van der Waals surface area contributed by atoms with E-state index in [2.05, 4.69) is 17.5 Å². The lowest BCUT2D eigenvalue weighted by atomic mass is 10.1. The lowest BCUT2D eigenvalue weighted by Crippen LogP contribution is -2.17. The standard InChI is InChI=1S/C17H15ClN2O3/c1-2-11-3-5-13(6-4-11)17(21)20-19-9-12-7-14(18)16-15(8-12)22-10-23-16/h3-9H,2,10H2,1H3,(H,20,21)/b19-9-. The predicted molar refractivity (Wildman–Crippen MR) is 88.5 cm³/mol. The number of carbonyl (C=O) groups is 1. The van der Waals surface area contributed by atoms with E-state index in [4.69, 9.17) is 21.1 Å². The zero-order valence-corrected chi connectivity index (χ0v) is 13.3. The first-order chi connectivity index (χ1) is 11.2. The monoisotopic (exact) mass is 330 g/mol. The molecule has 0 aliphatic carbocycles. The van der Waals surface area contributed by atoms with Crippen LogP contribution in [0.5, 0.6) is 11.5 Å². The average molecular weight is 331 g/mol. The molecule has 0 unspecified atom stereocenters. The summed E-state index contributed by atoms with van der Waals surface area (Å²) in [5.41, 5.74) is 4.94. The van der Waals surface area contributed by atoms with Gasteiger partial charge in [-0.3, -0.25) is 4.79 Å². The van der Waals surface area contributed by atoms with Crippen molar-refractivity contribution in [3.05, 3.63) is 58.1 Å². The Labute approximate surface area is 138 Å². The van der Waals surface area contributed by atoms with Crippen LogP contribution in [0.15, 0.2) is 41.5 Å². The van der Waals surface area contributed by atoms with Crippen LogP contribution in [0, 0.1) is 0 Å². The Bertz CT molecular complexity index is 757. The van der Waals surface area contributed by atoms with Crippen LogP contribution in [0.25, 0.3) is 0 Å². The summed E-state index contributed by atoms with van der Waals surface area (Å²) in [6.45, 7) is 2.22. The normalized spacial score (nSPS) is 12.6. The Balaban J connectivity index is 1.66. The minimum atomic E-state index is -0.268. The molecule has 0 bridgehead atoms. The number of aryl methyl sites for hydroxylation is 1. The molecule has 1 aliphatic heterocycles. The van der Waals surface area contributed by atoms with Crippen molar-refractivity contribution in [1.82, 2.24) is 5.43 Å². The molecule has 0 saturated carbocycles. The third-order valence-electron chi connectivity index (χ3n) is 3.45. The number of rotatable bonds is 4. The molecular weight excluding hydrogens is 316 g/mol. The second-order valence-electron chi connectivity index (χ2n) is 4.99. The van der Waals surface area contributed by atoms with E-state index in [1.807, 2.05) is 12.1 Å². The van der Waals surface area contributed by atoms with Gasteiger partial charge in [0.15, 0.2) is 11.5 Å². The fraction of sp³-hybridized carbons (Fsp3) is 0.176. The molecule has 0 spiro atoms. The second kappa shape index (κ2) is 6.71. The number of nitrogens with one attached hydrogen (secondary N) is 1. The Morgan fingerprint density at radius 1 is 1.30 bits per heavy atom. The molecule has 1 N–H and O–H groups in total. The minimum absolute atomic E-state index is 0.153. The van der Waals surface area contributed by atoms with Crippen molar-refractivity contribution in [3.8, 4) is 11.5 Å². The largest absolute Gasteiger partial charge is 0.454 e. The highest BCUT2D eigenvalue weighted by atomic mass is 35.5. The summed E-state index contributed by atoms with van der Waals surface area (Å²) in [6, 6.07) is 10.9. The molecular formula is C17H15ClN2O3. The lowest BCUT2D eigenvalue weighted by molar-refractivity contribution is 0.0955. The van der Waals surface area contributed by atoms with Crippen LogP contribution in [0.2, 0.25) is 5.02 Å². The first kappa shape index (κ1) is 15.4. The smallest absolute Gasteiger partial charge is 0.271 e. The number of hydrazone groups is 1. The molecule has 1 amide bonds. The van der Waals surface area contributed by atoms with Crippen molar-refractivity contribution in [2.24, 2.45) is 5.10 Å². The van der Waals surface area contributed by atoms with E-state index < -0.39 is 0 Å². The van der Waals surface area contributed by atoms with Crippen molar-refractivity contribution in [3.63, 3.8) is 0 Å². The number of hydrogen-bond donors (Lipinski definition) is 1. The number of ether oxygens (including phenoxy) is 2. The van der Waals surface area contributed by atoms with Crippen LogP contribution >= 0.6 is 11.6 Å². The Morgan fingerprint density at radius 2 is 2.09 bits per heavy atom. The molecule has 0 saturated heterocycles. The molecule has 1 heterocycles. The van der Waals surface area contributed by atoms with Crippen molar-refractivity contribution in [2.75, 3.05) is 6.79 Å². The summed E-state index contributed by atoms with van der Waals surface area (Å²) in [6.07, 6.45) is 2.44. The van der Waals surface area contributed by atoms with Crippen LogP contribution in [0.4, 0.5) is 0 Å². The van der Waals surface area contributed by atoms with Crippen molar-refractivity contribution < 1.29 is 14.3 Å². The maximum absolute atomic E-state index is 12.0. The summed E-state index contributed by atoms with van der Waals surface area (Å²) in [4.78, 5) is 12.0. The molecule has 0 aromatic heterocycles. The first-order valence-corrected chi connectivity index (χ1v) is 7.56. The van der Waals surface area contributed by atoms with Crippen molar-refractivity contribution in [1.29, 1.82) is 0 Å². The van der Waals surface area contributed by atoms with E-state index in [-0.39, 0.29) is 12.7 Å². The maximum Gasteiger partial charge on any atom is 0.271 e. The fourth-order valence-electron chi connectivity index (χ4n) is 2.18. The van der Waals surface area contributed by atoms with E-state index in [1.165, 1.54) is 11.8 Å². The molecule has 0 radical (unpaired) electrons. The number of amides is 1. The third kappa shape index (κ3) is 3.46. The zero-order chi connectivity index (χ0) is 16.2. The zero-order valence-electron chi connectivity index (χ0n) is 12.5. The Kier molecular flexibility index (Phi) is 4.48. The van der Waals surface area contributed by atoms with Crippen LogP contribution < -0.4 is 14.9 Å². The first-order valence-electron chi connectivity index (χ1n) is 7.19. The molecule has 0 fully saturated rings. The van der Waals surface area contributed by atoms with Gasteiger partial charge in [0.05, 0.1) is 11.2 Å². The quantitative estimate of drug-likeness (QED) is 0.690. The average Bonchev–Trinajstić information content (AvgIpc) is 3.04. The highest BCUT2D eigenvalue weighted by Gasteiger charge is 2.17. The maximum atomic E-state index is 12.0. The molecule has 23 heavy (non-hydrogen) atoms. The molecule has 0 atom stereocenters. The van der Waals surface area contributed by atoms with E-state index in [1.54, 1.807) is 24.3 Å².